The van der Waals surface area contributed by atoms with Crippen LogP contribution in [-0.4, -0.2) is 27.3 Å². The zero-order valence-electron chi connectivity index (χ0n) is 14.2. The molecule has 0 spiro atoms. The number of benzene rings is 1. The fourth-order valence-electron chi connectivity index (χ4n) is 3.05. The van der Waals surface area contributed by atoms with Crippen molar-refractivity contribution in [3.63, 3.8) is 0 Å². The predicted octanol–water partition coefficient (Wildman–Crippen LogP) is 3.42. The number of carbonyl (C=O) groups excluding carboxylic acids is 1. The van der Waals surface area contributed by atoms with Gasteiger partial charge in [-0.3, -0.25) is 4.79 Å². The third-order valence-corrected chi connectivity index (χ3v) is 4.22. The van der Waals surface area contributed by atoms with Crippen LogP contribution in [0.4, 0.5) is 8.78 Å². The summed E-state index contributed by atoms with van der Waals surface area (Å²) in [5.74, 6) is -0.292. The summed E-state index contributed by atoms with van der Waals surface area (Å²) in [6.45, 7) is 4.05. The van der Waals surface area contributed by atoms with E-state index >= 15 is 0 Å². The van der Waals surface area contributed by atoms with Gasteiger partial charge in [0.15, 0.2) is 5.89 Å². The Kier molecular flexibility index (Phi) is 3.82. The SMILES string of the molecule is Cc1nc(C)c(C(=O)N2CCc3oc(-c4cc(F)cc(F)c4)nc3C2)o1. The topological polar surface area (TPSA) is 72.4 Å². The summed E-state index contributed by atoms with van der Waals surface area (Å²) in [5, 5.41) is 0. The molecule has 0 bridgehead atoms. The largest absolute Gasteiger partial charge is 0.441 e. The van der Waals surface area contributed by atoms with E-state index in [-0.39, 0.29) is 29.7 Å². The molecule has 134 valence electrons. The zero-order chi connectivity index (χ0) is 18.4. The first-order valence-electron chi connectivity index (χ1n) is 8.09. The van der Waals surface area contributed by atoms with Gasteiger partial charge in [-0.25, -0.2) is 18.7 Å². The lowest BCUT2D eigenvalue weighted by atomic mass is 10.1. The van der Waals surface area contributed by atoms with E-state index in [1.165, 1.54) is 0 Å². The molecule has 1 aliphatic heterocycles. The Balaban J connectivity index is 1.60. The number of rotatable bonds is 2. The van der Waals surface area contributed by atoms with Crippen LogP contribution in [0.2, 0.25) is 0 Å². The summed E-state index contributed by atoms with van der Waals surface area (Å²) in [5.41, 5.74) is 1.32. The fourth-order valence-corrected chi connectivity index (χ4v) is 3.05. The van der Waals surface area contributed by atoms with Crippen LogP contribution in [0.5, 0.6) is 0 Å². The van der Waals surface area contributed by atoms with Crippen molar-refractivity contribution in [2.24, 2.45) is 0 Å². The van der Waals surface area contributed by atoms with Gasteiger partial charge < -0.3 is 13.7 Å². The number of nitrogens with zero attached hydrogens (tertiary/aromatic N) is 3. The number of amides is 1. The second kappa shape index (κ2) is 6.05. The lowest BCUT2D eigenvalue weighted by Gasteiger charge is -2.24. The summed E-state index contributed by atoms with van der Waals surface area (Å²) in [6, 6.07) is 3.10. The maximum Gasteiger partial charge on any atom is 0.291 e. The van der Waals surface area contributed by atoms with E-state index in [1.54, 1.807) is 18.7 Å². The molecule has 0 fully saturated rings. The van der Waals surface area contributed by atoms with Gasteiger partial charge in [-0.15, -0.1) is 0 Å². The maximum atomic E-state index is 13.4. The molecule has 1 aliphatic rings. The molecule has 26 heavy (non-hydrogen) atoms. The Morgan fingerprint density at radius 1 is 1.12 bits per heavy atom. The molecule has 8 heteroatoms. The van der Waals surface area contributed by atoms with E-state index in [1.807, 2.05) is 0 Å². The standard InChI is InChI=1S/C18H15F2N3O3/c1-9-16(25-10(2)21-9)18(24)23-4-3-15-14(8-23)22-17(26-15)11-5-12(19)7-13(20)6-11/h5-7H,3-4,8H2,1-2H3. The predicted molar refractivity (Wildman–Crippen MR) is 86.3 cm³/mol. The number of hydrogen-bond acceptors (Lipinski definition) is 5. The lowest BCUT2D eigenvalue weighted by Crippen LogP contribution is -2.36. The third kappa shape index (κ3) is 2.87. The van der Waals surface area contributed by atoms with Gasteiger partial charge in [0.25, 0.3) is 5.91 Å². The number of carbonyl (C=O) groups is 1. The number of aromatic nitrogens is 2. The molecule has 1 aromatic carbocycles. The first-order valence-corrected chi connectivity index (χ1v) is 8.09. The van der Waals surface area contributed by atoms with Crippen LogP contribution >= 0.6 is 0 Å². The highest BCUT2D eigenvalue weighted by Crippen LogP contribution is 2.28. The van der Waals surface area contributed by atoms with Crippen LogP contribution in [0.1, 0.15) is 33.6 Å². The molecular weight excluding hydrogens is 344 g/mol. The summed E-state index contributed by atoms with van der Waals surface area (Å²) < 4.78 is 37.9. The Morgan fingerprint density at radius 2 is 1.85 bits per heavy atom. The molecule has 0 N–H and O–H groups in total. The second-order valence-corrected chi connectivity index (χ2v) is 6.17. The summed E-state index contributed by atoms with van der Waals surface area (Å²) in [4.78, 5) is 22.7. The van der Waals surface area contributed by atoms with Crippen LogP contribution < -0.4 is 0 Å². The van der Waals surface area contributed by atoms with Crippen LogP contribution in [0.3, 0.4) is 0 Å². The molecule has 3 aromatic rings. The Hall–Kier alpha value is -3.03. The van der Waals surface area contributed by atoms with E-state index in [4.69, 9.17) is 8.83 Å². The number of hydrogen-bond donors (Lipinski definition) is 0. The van der Waals surface area contributed by atoms with Crippen LogP contribution in [-0.2, 0) is 13.0 Å². The molecule has 1 amide bonds. The van der Waals surface area contributed by atoms with Crippen LogP contribution in [0.15, 0.2) is 27.0 Å². The van der Waals surface area contributed by atoms with E-state index < -0.39 is 11.6 Å². The number of halogens is 2. The van der Waals surface area contributed by atoms with E-state index in [9.17, 15) is 13.6 Å². The third-order valence-electron chi connectivity index (χ3n) is 4.22. The highest BCUT2D eigenvalue weighted by molar-refractivity contribution is 5.92. The van der Waals surface area contributed by atoms with Gasteiger partial charge in [0.2, 0.25) is 11.7 Å². The van der Waals surface area contributed by atoms with Crippen molar-refractivity contribution in [1.82, 2.24) is 14.9 Å². The average molecular weight is 359 g/mol. The highest BCUT2D eigenvalue weighted by atomic mass is 19.1. The van der Waals surface area contributed by atoms with Gasteiger partial charge >= 0.3 is 0 Å². The van der Waals surface area contributed by atoms with Crippen molar-refractivity contribution < 1.29 is 22.4 Å². The minimum atomic E-state index is -0.704. The second-order valence-electron chi connectivity index (χ2n) is 6.17. The van der Waals surface area contributed by atoms with Gasteiger partial charge in [0.05, 0.1) is 12.2 Å². The summed E-state index contributed by atoms with van der Waals surface area (Å²) in [6.07, 6.45) is 0.456. The first kappa shape index (κ1) is 16.4. The van der Waals surface area contributed by atoms with Crippen molar-refractivity contribution in [3.05, 3.63) is 58.6 Å². The monoisotopic (exact) mass is 359 g/mol. The zero-order valence-corrected chi connectivity index (χ0v) is 14.2. The first-order chi connectivity index (χ1) is 12.4. The Bertz CT molecular complexity index is 989. The Labute approximate surface area is 147 Å². The van der Waals surface area contributed by atoms with Gasteiger partial charge in [-0.05, 0) is 19.1 Å². The van der Waals surface area contributed by atoms with Crippen LogP contribution in [0, 0.1) is 25.5 Å². The molecule has 6 nitrogen and oxygen atoms in total. The normalized spacial score (nSPS) is 13.8. The fraction of sp³-hybridized carbons (Fsp3) is 0.278. The maximum absolute atomic E-state index is 13.4. The molecule has 0 unspecified atom stereocenters. The van der Waals surface area contributed by atoms with E-state index in [0.717, 1.165) is 18.2 Å². The quantitative estimate of drug-likeness (QED) is 0.701. The number of aryl methyl sites for hydroxylation is 2. The molecule has 4 rings (SSSR count). The van der Waals surface area contributed by atoms with Crippen molar-refractivity contribution in [1.29, 1.82) is 0 Å². The smallest absolute Gasteiger partial charge is 0.291 e. The van der Waals surface area contributed by atoms with Gasteiger partial charge in [0.1, 0.15) is 23.1 Å². The highest BCUT2D eigenvalue weighted by Gasteiger charge is 2.29. The van der Waals surface area contributed by atoms with E-state index in [0.29, 0.717) is 36.0 Å². The van der Waals surface area contributed by atoms with Gasteiger partial charge in [-0.2, -0.15) is 0 Å². The van der Waals surface area contributed by atoms with Gasteiger partial charge in [-0.1, -0.05) is 0 Å². The Morgan fingerprint density at radius 3 is 2.50 bits per heavy atom. The summed E-state index contributed by atoms with van der Waals surface area (Å²) in [7, 11) is 0. The lowest BCUT2D eigenvalue weighted by molar-refractivity contribution is 0.0693. The van der Waals surface area contributed by atoms with Crippen molar-refractivity contribution in [2.45, 2.75) is 26.8 Å². The minimum Gasteiger partial charge on any atom is -0.441 e. The average Bonchev–Trinajstić information content (AvgIpc) is 3.15. The number of fused-ring (bicyclic) bond motifs is 1. The molecule has 0 aliphatic carbocycles. The summed E-state index contributed by atoms with van der Waals surface area (Å²) >= 11 is 0. The van der Waals surface area contributed by atoms with Crippen molar-refractivity contribution in [3.8, 4) is 11.5 Å². The minimum absolute atomic E-state index is 0.134. The molecule has 0 saturated carbocycles. The van der Waals surface area contributed by atoms with Crippen molar-refractivity contribution in [2.75, 3.05) is 6.54 Å². The molecule has 0 radical (unpaired) electrons. The van der Waals surface area contributed by atoms with Gasteiger partial charge in [0, 0.05) is 31.5 Å². The van der Waals surface area contributed by atoms with Crippen LogP contribution in [0.25, 0.3) is 11.5 Å². The molecular formula is C18H15F2N3O3. The molecule has 2 aromatic heterocycles. The van der Waals surface area contributed by atoms with E-state index in [2.05, 4.69) is 9.97 Å². The molecule has 3 heterocycles. The molecule has 0 saturated heterocycles. The number of oxazole rings is 2. The molecule has 0 atom stereocenters. The van der Waals surface area contributed by atoms with Crippen molar-refractivity contribution >= 4 is 5.91 Å².